The van der Waals surface area contributed by atoms with E-state index in [-0.39, 0.29) is 18.5 Å². The summed E-state index contributed by atoms with van der Waals surface area (Å²) in [7, 11) is 1.60. The number of H-pyrrole nitrogens is 1. The van der Waals surface area contributed by atoms with Crippen LogP contribution in [0.2, 0.25) is 0 Å². The lowest BCUT2D eigenvalue weighted by Crippen LogP contribution is -2.21. The van der Waals surface area contributed by atoms with Crippen molar-refractivity contribution < 1.29 is 19.0 Å². The van der Waals surface area contributed by atoms with Crippen LogP contribution in [0.4, 0.5) is 5.95 Å². The van der Waals surface area contributed by atoms with Crippen LogP contribution in [-0.2, 0) is 4.79 Å². The molecule has 3 rings (SSSR count). The van der Waals surface area contributed by atoms with Gasteiger partial charge in [0, 0.05) is 5.56 Å². The van der Waals surface area contributed by atoms with Crippen LogP contribution in [0.3, 0.4) is 0 Å². The van der Waals surface area contributed by atoms with Gasteiger partial charge in [-0.3, -0.25) is 15.2 Å². The molecule has 2 N–H and O–H groups in total. The summed E-state index contributed by atoms with van der Waals surface area (Å²) in [6, 6.07) is 14.5. The van der Waals surface area contributed by atoms with Gasteiger partial charge in [-0.25, -0.2) is 0 Å². The van der Waals surface area contributed by atoms with Crippen LogP contribution in [0.25, 0.3) is 11.4 Å². The molecular weight excluding hydrogens is 348 g/mol. The number of aromatic nitrogens is 3. The van der Waals surface area contributed by atoms with Gasteiger partial charge in [0.2, 0.25) is 5.95 Å². The van der Waals surface area contributed by atoms with Crippen molar-refractivity contribution in [3.63, 3.8) is 0 Å². The standard InChI is InChI=1S/C19H20N4O4/c1-3-26-15-6-4-5-7-16(15)27-12-17(24)20-19-21-18(22-23-19)13-8-10-14(25-2)11-9-13/h4-11H,3,12H2,1-2H3,(H2,20,21,22,23,24). The number of hydrogen-bond acceptors (Lipinski definition) is 6. The van der Waals surface area contributed by atoms with Crippen LogP contribution >= 0.6 is 0 Å². The number of nitrogens with zero attached hydrogens (tertiary/aromatic N) is 2. The Balaban J connectivity index is 1.58. The van der Waals surface area contributed by atoms with Gasteiger partial charge in [0.1, 0.15) is 5.75 Å². The minimum atomic E-state index is -0.374. The number of rotatable bonds is 8. The average molecular weight is 368 g/mol. The van der Waals surface area contributed by atoms with Crippen LogP contribution in [0.15, 0.2) is 48.5 Å². The van der Waals surface area contributed by atoms with E-state index in [1.807, 2.05) is 43.3 Å². The summed E-state index contributed by atoms with van der Waals surface area (Å²) < 4.78 is 16.1. The maximum Gasteiger partial charge on any atom is 0.264 e. The molecule has 0 saturated heterocycles. The molecule has 1 heterocycles. The number of nitrogens with one attached hydrogen (secondary N) is 2. The molecule has 0 fully saturated rings. The van der Waals surface area contributed by atoms with Crippen molar-refractivity contribution in [3.05, 3.63) is 48.5 Å². The Kier molecular flexibility index (Phi) is 5.88. The quantitative estimate of drug-likeness (QED) is 0.634. The summed E-state index contributed by atoms with van der Waals surface area (Å²) in [5.74, 6) is 2.18. The monoisotopic (exact) mass is 368 g/mol. The second-order valence-electron chi connectivity index (χ2n) is 5.45. The van der Waals surface area contributed by atoms with Gasteiger partial charge in [-0.15, -0.1) is 5.10 Å². The molecule has 2 aromatic carbocycles. The Morgan fingerprint density at radius 1 is 1.07 bits per heavy atom. The minimum absolute atomic E-state index is 0.174. The highest BCUT2D eigenvalue weighted by molar-refractivity contribution is 5.90. The number of carbonyl (C=O) groups excluding carboxylic acids is 1. The minimum Gasteiger partial charge on any atom is -0.497 e. The highest BCUT2D eigenvalue weighted by Gasteiger charge is 2.11. The van der Waals surface area contributed by atoms with E-state index in [0.717, 1.165) is 11.3 Å². The van der Waals surface area contributed by atoms with Gasteiger partial charge in [0.15, 0.2) is 23.9 Å². The molecule has 1 amide bonds. The maximum atomic E-state index is 12.1. The van der Waals surface area contributed by atoms with Gasteiger partial charge in [0.05, 0.1) is 13.7 Å². The highest BCUT2D eigenvalue weighted by atomic mass is 16.5. The molecule has 27 heavy (non-hydrogen) atoms. The van der Waals surface area contributed by atoms with E-state index in [0.29, 0.717) is 23.9 Å². The van der Waals surface area contributed by atoms with Crippen molar-refractivity contribution >= 4 is 11.9 Å². The fourth-order valence-corrected chi connectivity index (χ4v) is 2.34. The predicted molar refractivity (Wildman–Crippen MR) is 100 cm³/mol. The largest absolute Gasteiger partial charge is 0.497 e. The van der Waals surface area contributed by atoms with Crippen LogP contribution in [-0.4, -0.2) is 41.4 Å². The molecule has 8 heteroatoms. The number of methoxy groups -OCH3 is 1. The van der Waals surface area contributed by atoms with E-state index in [1.165, 1.54) is 0 Å². The lowest BCUT2D eigenvalue weighted by molar-refractivity contribution is -0.118. The molecule has 0 unspecified atom stereocenters. The van der Waals surface area contributed by atoms with Crippen molar-refractivity contribution in [2.75, 3.05) is 25.6 Å². The lowest BCUT2D eigenvalue weighted by atomic mass is 10.2. The topological polar surface area (TPSA) is 98.4 Å². The fourth-order valence-electron chi connectivity index (χ4n) is 2.34. The Morgan fingerprint density at radius 3 is 2.44 bits per heavy atom. The number of amides is 1. The summed E-state index contributed by atoms with van der Waals surface area (Å²) in [5.41, 5.74) is 0.825. The van der Waals surface area contributed by atoms with Crippen LogP contribution < -0.4 is 19.5 Å². The van der Waals surface area contributed by atoms with Crippen molar-refractivity contribution in [2.45, 2.75) is 6.92 Å². The van der Waals surface area contributed by atoms with E-state index in [1.54, 1.807) is 19.2 Å². The molecular formula is C19H20N4O4. The number of aromatic amines is 1. The normalized spacial score (nSPS) is 10.3. The first-order chi connectivity index (χ1) is 13.2. The third-order valence-corrected chi connectivity index (χ3v) is 3.61. The summed E-state index contributed by atoms with van der Waals surface area (Å²) in [6.07, 6.45) is 0. The second kappa shape index (κ2) is 8.70. The van der Waals surface area contributed by atoms with Crippen molar-refractivity contribution in [1.82, 2.24) is 15.2 Å². The van der Waals surface area contributed by atoms with Crippen LogP contribution in [0.1, 0.15) is 6.92 Å². The van der Waals surface area contributed by atoms with E-state index < -0.39 is 0 Å². The first-order valence-corrected chi connectivity index (χ1v) is 8.41. The van der Waals surface area contributed by atoms with E-state index in [2.05, 4.69) is 20.5 Å². The molecule has 3 aromatic rings. The number of para-hydroxylation sites is 2. The van der Waals surface area contributed by atoms with E-state index in [4.69, 9.17) is 14.2 Å². The molecule has 1 aromatic heterocycles. The third kappa shape index (κ3) is 4.75. The maximum absolute atomic E-state index is 12.1. The zero-order chi connectivity index (χ0) is 19.1. The molecule has 0 spiro atoms. The molecule has 0 radical (unpaired) electrons. The summed E-state index contributed by atoms with van der Waals surface area (Å²) >= 11 is 0. The van der Waals surface area contributed by atoms with E-state index in [9.17, 15) is 4.79 Å². The SMILES string of the molecule is CCOc1ccccc1OCC(=O)Nc1n[nH]c(-c2ccc(OC)cc2)n1. The predicted octanol–water partition coefficient (Wildman–Crippen LogP) is 2.90. The summed E-state index contributed by atoms with van der Waals surface area (Å²) in [5, 5.41) is 9.38. The molecule has 0 atom stereocenters. The van der Waals surface area contributed by atoms with Gasteiger partial charge in [-0.2, -0.15) is 4.98 Å². The van der Waals surface area contributed by atoms with Crippen molar-refractivity contribution in [3.8, 4) is 28.6 Å². The molecule has 0 aliphatic heterocycles. The molecule has 0 saturated carbocycles. The Hall–Kier alpha value is -3.55. The van der Waals surface area contributed by atoms with Crippen molar-refractivity contribution in [2.24, 2.45) is 0 Å². The summed E-state index contributed by atoms with van der Waals surface area (Å²) in [6.45, 7) is 2.21. The molecule has 8 nitrogen and oxygen atoms in total. The Labute approximate surface area is 156 Å². The Morgan fingerprint density at radius 2 is 1.78 bits per heavy atom. The Bertz CT molecular complexity index is 893. The lowest BCUT2D eigenvalue weighted by Gasteiger charge is -2.10. The van der Waals surface area contributed by atoms with Crippen molar-refractivity contribution in [1.29, 1.82) is 0 Å². The second-order valence-corrected chi connectivity index (χ2v) is 5.45. The first-order valence-electron chi connectivity index (χ1n) is 8.41. The average Bonchev–Trinajstić information content (AvgIpc) is 3.16. The molecule has 0 bridgehead atoms. The van der Waals surface area contributed by atoms with Crippen LogP contribution in [0, 0.1) is 0 Å². The number of ether oxygens (including phenoxy) is 3. The van der Waals surface area contributed by atoms with Gasteiger partial charge in [-0.05, 0) is 43.3 Å². The molecule has 0 aliphatic carbocycles. The molecule has 0 aliphatic rings. The van der Waals surface area contributed by atoms with Gasteiger partial charge < -0.3 is 14.2 Å². The first kappa shape index (κ1) is 18.2. The number of anilines is 1. The third-order valence-electron chi connectivity index (χ3n) is 3.61. The smallest absolute Gasteiger partial charge is 0.264 e. The molecule has 140 valence electrons. The number of carbonyl (C=O) groups is 1. The number of benzene rings is 2. The fraction of sp³-hybridized carbons (Fsp3) is 0.211. The zero-order valence-electron chi connectivity index (χ0n) is 15.1. The van der Waals surface area contributed by atoms with E-state index >= 15 is 0 Å². The highest BCUT2D eigenvalue weighted by Crippen LogP contribution is 2.26. The van der Waals surface area contributed by atoms with Crippen LogP contribution in [0.5, 0.6) is 17.2 Å². The van der Waals surface area contributed by atoms with Gasteiger partial charge in [-0.1, -0.05) is 12.1 Å². The van der Waals surface area contributed by atoms with Gasteiger partial charge in [0.25, 0.3) is 5.91 Å². The zero-order valence-corrected chi connectivity index (χ0v) is 15.1. The number of hydrogen-bond donors (Lipinski definition) is 2. The summed E-state index contributed by atoms with van der Waals surface area (Å²) in [4.78, 5) is 16.4. The van der Waals surface area contributed by atoms with Gasteiger partial charge >= 0.3 is 0 Å².